The minimum atomic E-state index is 0.493. The van der Waals surface area contributed by atoms with Crippen molar-refractivity contribution in [2.45, 2.75) is 22.9 Å². The predicted octanol–water partition coefficient (Wildman–Crippen LogP) is 2.17. The normalized spacial score (nSPS) is 10.6. The van der Waals surface area contributed by atoms with Crippen LogP contribution in [0.15, 0.2) is 28.6 Å². The van der Waals surface area contributed by atoms with Gasteiger partial charge in [0.15, 0.2) is 5.16 Å². The number of hydrogen-bond acceptors (Lipinski definition) is 7. The summed E-state index contributed by atoms with van der Waals surface area (Å²) >= 11 is 3.06. The van der Waals surface area contributed by atoms with Crippen LogP contribution >= 0.6 is 23.5 Å². The standard InChI is InChI=1S/C11H13N5S2/c1-7-4-13-5-8(14-7)6-18-11-15-9(12)3-10(16-11)17-2/h3-5H,6H2,1-2H3,(H2,12,15,16). The number of nitrogens with zero attached hydrogens (tertiary/aromatic N) is 4. The second kappa shape index (κ2) is 6.01. The maximum Gasteiger partial charge on any atom is 0.190 e. The van der Waals surface area contributed by atoms with Crippen molar-refractivity contribution in [3.63, 3.8) is 0 Å². The fourth-order valence-electron chi connectivity index (χ4n) is 1.31. The molecule has 7 heteroatoms. The van der Waals surface area contributed by atoms with Crippen molar-refractivity contribution in [3.8, 4) is 0 Å². The molecule has 0 bridgehead atoms. The van der Waals surface area contributed by atoms with Crippen molar-refractivity contribution < 1.29 is 0 Å². The Morgan fingerprint density at radius 1 is 1.22 bits per heavy atom. The lowest BCUT2D eigenvalue weighted by molar-refractivity contribution is 0.899. The summed E-state index contributed by atoms with van der Waals surface area (Å²) < 4.78 is 0. The zero-order chi connectivity index (χ0) is 13.0. The minimum absolute atomic E-state index is 0.493. The van der Waals surface area contributed by atoms with Crippen LogP contribution in [-0.4, -0.2) is 26.2 Å². The molecule has 0 aliphatic heterocycles. The summed E-state index contributed by atoms with van der Waals surface area (Å²) in [5.41, 5.74) is 7.54. The Bertz CT molecular complexity index is 547. The van der Waals surface area contributed by atoms with Crippen LogP contribution in [0, 0.1) is 6.92 Å². The lowest BCUT2D eigenvalue weighted by atomic mass is 10.4. The number of rotatable bonds is 4. The topological polar surface area (TPSA) is 77.6 Å². The van der Waals surface area contributed by atoms with Gasteiger partial charge in [-0.15, -0.1) is 11.8 Å². The summed E-state index contributed by atoms with van der Waals surface area (Å²) in [6.07, 6.45) is 5.45. The molecule has 5 nitrogen and oxygen atoms in total. The molecule has 0 radical (unpaired) electrons. The van der Waals surface area contributed by atoms with Gasteiger partial charge in [0, 0.05) is 24.2 Å². The Hall–Kier alpha value is -1.34. The highest BCUT2D eigenvalue weighted by Gasteiger charge is 2.04. The lowest BCUT2D eigenvalue weighted by Gasteiger charge is -2.03. The first-order valence-corrected chi connectivity index (χ1v) is 7.47. The molecule has 0 aromatic carbocycles. The van der Waals surface area contributed by atoms with Crippen LogP contribution in [0.1, 0.15) is 11.4 Å². The van der Waals surface area contributed by atoms with E-state index in [1.165, 1.54) is 11.8 Å². The summed E-state index contributed by atoms with van der Waals surface area (Å²) in [5.74, 6) is 1.18. The molecule has 0 aliphatic carbocycles. The number of nitrogen functional groups attached to an aromatic ring is 1. The Labute approximate surface area is 114 Å². The first kappa shape index (κ1) is 13.1. The summed E-state index contributed by atoms with van der Waals surface area (Å²) in [6.45, 7) is 1.92. The molecule has 2 aromatic heterocycles. The molecule has 0 aliphatic rings. The Morgan fingerprint density at radius 2 is 2.06 bits per heavy atom. The molecule has 2 rings (SSSR count). The van der Waals surface area contributed by atoms with Gasteiger partial charge in [0.1, 0.15) is 10.8 Å². The van der Waals surface area contributed by atoms with E-state index in [1.54, 1.807) is 30.2 Å². The van der Waals surface area contributed by atoms with Crippen molar-refractivity contribution in [2.75, 3.05) is 12.0 Å². The summed E-state index contributed by atoms with van der Waals surface area (Å²) in [7, 11) is 0. The molecule has 0 atom stereocenters. The second-order valence-electron chi connectivity index (χ2n) is 3.56. The molecule has 0 unspecified atom stereocenters. The lowest BCUT2D eigenvalue weighted by Crippen LogP contribution is -1.97. The number of anilines is 1. The molecule has 0 saturated heterocycles. The second-order valence-corrected chi connectivity index (χ2v) is 5.33. The SMILES string of the molecule is CSc1cc(N)nc(SCc2cncc(C)n2)n1. The van der Waals surface area contributed by atoms with Crippen molar-refractivity contribution >= 4 is 29.3 Å². The summed E-state index contributed by atoms with van der Waals surface area (Å²) in [5, 5.41) is 1.54. The summed E-state index contributed by atoms with van der Waals surface area (Å²) in [6, 6.07) is 1.77. The van der Waals surface area contributed by atoms with Crippen LogP contribution in [0.5, 0.6) is 0 Å². The van der Waals surface area contributed by atoms with Crippen LogP contribution in [-0.2, 0) is 5.75 Å². The Morgan fingerprint density at radius 3 is 2.78 bits per heavy atom. The van der Waals surface area contributed by atoms with Crippen molar-refractivity contribution in [1.82, 2.24) is 19.9 Å². The first-order valence-electron chi connectivity index (χ1n) is 5.26. The van der Waals surface area contributed by atoms with Crippen LogP contribution in [0.3, 0.4) is 0 Å². The van der Waals surface area contributed by atoms with Crippen molar-refractivity contribution in [3.05, 3.63) is 29.8 Å². The van der Waals surface area contributed by atoms with Gasteiger partial charge in [-0.1, -0.05) is 11.8 Å². The van der Waals surface area contributed by atoms with Gasteiger partial charge in [0.25, 0.3) is 0 Å². The third-order valence-corrected chi connectivity index (χ3v) is 3.57. The van der Waals surface area contributed by atoms with Crippen molar-refractivity contribution in [1.29, 1.82) is 0 Å². The van der Waals surface area contributed by atoms with E-state index in [-0.39, 0.29) is 0 Å². The Kier molecular flexibility index (Phi) is 4.38. The first-order chi connectivity index (χ1) is 8.67. The van der Waals surface area contributed by atoms with Crippen LogP contribution in [0.4, 0.5) is 5.82 Å². The smallest absolute Gasteiger partial charge is 0.190 e. The molecule has 94 valence electrons. The van der Waals surface area contributed by atoms with Gasteiger partial charge >= 0.3 is 0 Å². The largest absolute Gasteiger partial charge is 0.384 e. The number of aryl methyl sites for hydroxylation is 1. The van der Waals surface area contributed by atoms with Crippen LogP contribution < -0.4 is 5.73 Å². The van der Waals surface area contributed by atoms with Gasteiger partial charge in [-0.2, -0.15) is 0 Å². The number of hydrogen-bond donors (Lipinski definition) is 1. The van der Waals surface area contributed by atoms with E-state index in [1.807, 2.05) is 13.2 Å². The van der Waals surface area contributed by atoms with E-state index in [0.717, 1.165) is 16.4 Å². The molecule has 2 aromatic rings. The zero-order valence-electron chi connectivity index (χ0n) is 10.1. The molecule has 0 amide bonds. The van der Waals surface area contributed by atoms with E-state index in [2.05, 4.69) is 19.9 Å². The number of aromatic nitrogens is 4. The predicted molar refractivity (Wildman–Crippen MR) is 74.6 cm³/mol. The van der Waals surface area contributed by atoms with E-state index in [4.69, 9.17) is 5.73 Å². The van der Waals surface area contributed by atoms with Gasteiger partial charge in [-0.3, -0.25) is 9.97 Å². The third-order valence-electron chi connectivity index (χ3n) is 2.07. The van der Waals surface area contributed by atoms with E-state index in [0.29, 0.717) is 16.7 Å². The van der Waals surface area contributed by atoms with E-state index in [9.17, 15) is 0 Å². The molecule has 2 N–H and O–H groups in total. The van der Waals surface area contributed by atoms with Crippen LogP contribution in [0.25, 0.3) is 0 Å². The highest BCUT2D eigenvalue weighted by Crippen LogP contribution is 2.22. The fraction of sp³-hybridized carbons (Fsp3) is 0.273. The number of thioether (sulfide) groups is 2. The molecule has 0 fully saturated rings. The Balaban J connectivity index is 2.08. The highest BCUT2D eigenvalue weighted by molar-refractivity contribution is 7.99. The van der Waals surface area contributed by atoms with Crippen molar-refractivity contribution in [2.24, 2.45) is 0 Å². The van der Waals surface area contributed by atoms with Gasteiger partial charge in [-0.25, -0.2) is 9.97 Å². The number of nitrogens with two attached hydrogens (primary N) is 1. The fourth-order valence-corrected chi connectivity index (χ4v) is 2.54. The summed E-state index contributed by atoms with van der Waals surface area (Å²) in [4.78, 5) is 17.0. The van der Waals surface area contributed by atoms with Gasteiger partial charge in [0.2, 0.25) is 0 Å². The maximum absolute atomic E-state index is 5.72. The third kappa shape index (κ3) is 3.58. The molecular formula is C11H13N5S2. The average Bonchev–Trinajstić information content (AvgIpc) is 2.36. The van der Waals surface area contributed by atoms with E-state index < -0.39 is 0 Å². The van der Waals surface area contributed by atoms with Crippen LogP contribution in [0.2, 0.25) is 0 Å². The molecule has 18 heavy (non-hydrogen) atoms. The highest BCUT2D eigenvalue weighted by atomic mass is 32.2. The monoisotopic (exact) mass is 279 g/mol. The molecule has 2 heterocycles. The zero-order valence-corrected chi connectivity index (χ0v) is 11.8. The molecule has 0 spiro atoms. The maximum atomic E-state index is 5.72. The average molecular weight is 279 g/mol. The quantitative estimate of drug-likeness (QED) is 0.522. The van der Waals surface area contributed by atoms with Gasteiger partial charge in [-0.05, 0) is 13.2 Å². The molecule has 0 saturated carbocycles. The van der Waals surface area contributed by atoms with Gasteiger partial charge < -0.3 is 5.73 Å². The van der Waals surface area contributed by atoms with E-state index >= 15 is 0 Å². The molecular weight excluding hydrogens is 266 g/mol. The van der Waals surface area contributed by atoms with Gasteiger partial charge in [0.05, 0.1) is 11.4 Å². The minimum Gasteiger partial charge on any atom is -0.384 e.